The predicted molar refractivity (Wildman–Crippen MR) is 80.9 cm³/mol. The second kappa shape index (κ2) is 9.42. The van der Waals surface area contributed by atoms with E-state index in [0.717, 1.165) is 12.2 Å². The van der Waals surface area contributed by atoms with Crippen LogP contribution in [-0.2, 0) is 9.59 Å². The summed E-state index contributed by atoms with van der Waals surface area (Å²) in [6, 6.07) is 9.79. The first-order valence-corrected chi connectivity index (χ1v) is 7.79. The highest BCUT2D eigenvalue weighted by Gasteiger charge is 2.13. The number of carbonyl (C=O) groups is 2. The Hall–Kier alpha value is -1.49. The number of thioether (sulfide) groups is 1. The molecule has 0 radical (unpaired) electrons. The summed E-state index contributed by atoms with van der Waals surface area (Å²) < 4.78 is 0. The molecule has 0 fully saturated rings. The van der Waals surface area contributed by atoms with E-state index in [-0.39, 0.29) is 18.4 Å². The SMILES string of the molecule is CCC(CC(=O)O)NC(=O)CCCSc1ccccc1. The van der Waals surface area contributed by atoms with Crippen LogP contribution in [0, 0.1) is 0 Å². The summed E-state index contributed by atoms with van der Waals surface area (Å²) >= 11 is 1.72. The lowest BCUT2D eigenvalue weighted by Gasteiger charge is -2.14. The standard InChI is InChI=1S/C15H21NO3S/c1-2-12(11-15(18)19)16-14(17)9-6-10-20-13-7-4-3-5-8-13/h3-5,7-8,12H,2,6,9-11H2,1H3,(H,16,17)(H,18,19). The molecule has 1 rings (SSSR count). The van der Waals surface area contributed by atoms with Gasteiger partial charge < -0.3 is 10.4 Å². The molecule has 0 spiro atoms. The van der Waals surface area contributed by atoms with Crippen molar-refractivity contribution in [1.82, 2.24) is 5.32 Å². The van der Waals surface area contributed by atoms with Crippen molar-refractivity contribution in [3.63, 3.8) is 0 Å². The van der Waals surface area contributed by atoms with Gasteiger partial charge in [-0.3, -0.25) is 9.59 Å². The third kappa shape index (κ3) is 7.19. The summed E-state index contributed by atoms with van der Waals surface area (Å²) in [5, 5.41) is 11.5. The molecule has 1 amide bonds. The normalized spacial score (nSPS) is 11.8. The van der Waals surface area contributed by atoms with E-state index < -0.39 is 5.97 Å². The lowest BCUT2D eigenvalue weighted by molar-refractivity contribution is -0.137. The Balaban J connectivity index is 2.18. The molecule has 0 bridgehead atoms. The Morgan fingerprint density at radius 1 is 1.30 bits per heavy atom. The number of carboxylic acids is 1. The van der Waals surface area contributed by atoms with Crippen molar-refractivity contribution in [3.8, 4) is 0 Å². The van der Waals surface area contributed by atoms with E-state index in [2.05, 4.69) is 5.32 Å². The number of rotatable bonds is 9. The van der Waals surface area contributed by atoms with Crippen LogP contribution in [0.2, 0.25) is 0 Å². The zero-order valence-electron chi connectivity index (χ0n) is 11.7. The minimum Gasteiger partial charge on any atom is -0.481 e. The van der Waals surface area contributed by atoms with Gasteiger partial charge in [0.2, 0.25) is 5.91 Å². The van der Waals surface area contributed by atoms with Gasteiger partial charge in [0, 0.05) is 17.4 Å². The maximum absolute atomic E-state index is 11.7. The van der Waals surface area contributed by atoms with Gasteiger partial charge in [-0.1, -0.05) is 25.1 Å². The fourth-order valence-corrected chi connectivity index (χ4v) is 2.62. The van der Waals surface area contributed by atoms with Crippen LogP contribution in [0.4, 0.5) is 0 Å². The van der Waals surface area contributed by atoms with Crippen LogP contribution in [0.15, 0.2) is 35.2 Å². The van der Waals surface area contributed by atoms with Crippen LogP contribution in [0.25, 0.3) is 0 Å². The lowest BCUT2D eigenvalue weighted by Crippen LogP contribution is -2.35. The minimum absolute atomic E-state index is 0.0129. The molecule has 0 saturated carbocycles. The first kappa shape index (κ1) is 16.6. The number of benzene rings is 1. The fourth-order valence-electron chi connectivity index (χ4n) is 1.75. The molecule has 1 aromatic carbocycles. The van der Waals surface area contributed by atoms with Crippen LogP contribution in [0.5, 0.6) is 0 Å². The van der Waals surface area contributed by atoms with Crippen molar-refractivity contribution in [1.29, 1.82) is 0 Å². The van der Waals surface area contributed by atoms with Gasteiger partial charge in [-0.05, 0) is 30.7 Å². The highest BCUT2D eigenvalue weighted by atomic mass is 32.2. The molecule has 5 heteroatoms. The third-order valence-corrected chi connectivity index (χ3v) is 3.94. The number of aliphatic carboxylic acids is 1. The fraction of sp³-hybridized carbons (Fsp3) is 0.467. The van der Waals surface area contributed by atoms with Gasteiger partial charge in [0.15, 0.2) is 0 Å². The van der Waals surface area contributed by atoms with E-state index in [0.29, 0.717) is 12.8 Å². The molecule has 20 heavy (non-hydrogen) atoms. The Morgan fingerprint density at radius 2 is 2.00 bits per heavy atom. The van der Waals surface area contributed by atoms with Crippen LogP contribution >= 0.6 is 11.8 Å². The second-order valence-electron chi connectivity index (χ2n) is 4.54. The lowest BCUT2D eigenvalue weighted by atomic mass is 10.1. The number of hydrogen-bond donors (Lipinski definition) is 2. The van der Waals surface area contributed by atoms with Crippen molar-refractivity contribution < 1.29 is 14.7 Å². The van der Waals surface area contributed by atoms with Crippen molar-refractivity contribution in [2.75, 3.05) is 5.75 Å². The van der Waals surface area contributed by atoms with Crippen LogP contribution in [-0.4, -0.2) is 28.8 Å². The number of amides is 1. The highest BCUT2D eigenvalue weighted by Crippen LogP contribution is 2.18. The summed E-state index contributed by atoms with van der Waals surface area (Å²) in [5.74, 6) is -0.0591. The molecule has 0 saturated heterocycles. The topological polar surface area (TPSA) is 66.4 Å². The van der Waals surface area contributed by atoms with E-state index in [9.17, 15) is 9.59 Å². The van der Waals surface area contributed by atoms with Gasteiger partial charge >= 0.3 is 5.97 Å². The van der Waals surface area contributed by atoms with E-state index in [1.807, 2.05) is 37.3 Å². The molecule has 110 valence electrons. The summed E-state index contributed by atoms with van der Waals surface area (Å²) in [6.45, 7) is 1.87. The highest BCUT2D eigenvalue weighted by molar-refractivity contribution is 7.99. The Bertz CT molecular complexity index is 422. The van der Waals surface area contributed by atoms with Crippen molar-refractivity contribution in [2.24, 2.45) is 0 Å². The maximum Gasteiger partial charge on any atom is 0.305 e. The van der Waals surface area contributed by atoms with Crippen LogP contribution in [0.1, 0.15) is 32.6 Å². The monoisotopic (exact) mass is 295 g/mol. The molecular weight excluding hydrogens is 274 g/mol. The molecule has 4 nitrogen and oxygen atoms in total. The van der Waals surface area contributed by atoms with Crippen molar-refractivity contribution in [2.45, 2.75) is 43.5 Å². The van der Waals surface area contributed by atoms with Crippen molar-refractivity contribution in [3.05, 3.63) is 30.3 Å². The molecule has 1 aromatic rings. The molecule has 0 aliphatic carbocycles. The van der Waals surface area contributed by atoms with Gasteiger partial charge in [0.1, 0.15) is 0 Å². The largest absolute Gasteiger partial charge is 0.481 e. The van der Waals surface area contributed by atoms with E-state index in [4.69, 9.17) is 5.11 Å². The maximum atomic E-state index is 11.7. The summed E-state index contributed by atoms with van der Waals surface area (Å²) in [6.07, 6.45) is 1.85. The molecule has 0 aromatic heterocycles. The van der Waals surface area contributed by atoms with Gasteiger partial charge in [0.05, 0.1) is 6.42 Å². The zero-order chi connectivity index (χ0) is 14.8. The van der Waals surface area contributed by atoms with E-state index in [1.165, 1.54) is 4.90 Å². The van der Waals surface area contributed by atoms with Crippen LogP contribution < -0.4 is 5.32 Å². The molecule has 0 heterocycles. The van der Waals surface area contributed by atoms with Gasteiger partial charge in [-0.2, -0.15) is 0 Å². The molecular formula is C15H21NO3S. The molecule has 1 atom stereocenters. The summed E-state index contributed by atoms with van der Waals surface area (Å²) in [7, 11) is 0. The molecule has 0 aliphatic heterocycles. The molecule has 1 unspecified atom stereocenters. The first-order chi connectivity index (χ1) is 9.61. The molecule has 2 N–H and O–H groups in total. The minimum atomic E-state index is -0.878. The first-order valence-electron chi connectivity index (χ1n) is 6.80. The molecule has 0 aliphatic rings. The second-order valence-corrected chi connectivity index (χ2v) is 5.70. The van der Waals surface area contributed by atoms with Crippen LogP contribution in [0.3, 0.4) is 0 Å². The Labute approximate surface area is 124 Å². The number of carboxylic acid groups (broad SMARTS) is 1. The van der Waals surface area contributed by atoms with Crippen molar-refractivity contribution >= 4 is 23.6 Å². The quantitative estimate of drug-likeness (QED) is 0.543. The van der Waals surface area contributed by atoms with E-state index >= 15 is 0 Å². The average Bonchev–Trinajstić information content (AvgIpc) is 2.43. The Kier molecular flexibility index (Phi) is 7.80. The summed E-state index contributed by atoms with van der Waals surface area (Å²) in [5.41, 5.74) is 0. The van der Waals surface area contributed by atoms with E-state index in [1.54, 1.807) is 11.8 Å². The third-order valence-electron chi connectivity index (χ3n) is 2.84. The van der Waals surface area contributed by atoms with Gasteiger partial charge in [-0.25, -0.2) is 0 Å². The van der Waals surface area contributed by atoms with Gasteiger partial charge in [-0.15, -0.1) is 11.8 Å². The number of carbonyl (C=O) groups excluding carboxylic acids is 1. The average molecular weight is 295 g/mol. The smallest absolute Gasteiger partial charge is 0.305 e. The number of nitrogens with one attached hydrogen (secondary N) is 1. The Morgan fingerprint density at radius 3 is 2.60 bits per heavy atom. The summed E-state index contributed by atoms with van der Waals surface area (Å²) in [4.78, 5) is 23.5. The zero-order valence-corrected chi connectivity index (χ0v) is 12.5. The predicted octanol–water partition coefficient (Wildman–Crippen LogP) is 2.93. The van der Waals surface area contributed by atoms with Gasteiger partial charge in [0.25, 0.3) is 0 Å². The number of hydrogen-bond acceptors (Lipinski definition) is 3.